The summed E-state index contributed by atoms with van der Waals surface area (Å²) < 4.78 is 10.4. The summed E-state index contributed by atoms with van der Waals surface area (Å²) in [6.45, 7) is 0. The van der Waals surface area contributed by atoms with Crippen LogP contribution < -0.4 is 9.47 Å². The quantitative estimate of drug-likeness (QED) is 0.751. The molecule has 0 bridgehead atoms. The zero-order valence-corrected chi connectivity index (χ0v) is 13.2. The summed E-state index contributed by atoms with van der Waals surface area (Å²) in [5.41, 5.74) is 2.41. The van der Waals surface area contributed by atoms with Crippen LogP contribution in [0.5, 0.6) is 11.5 Å². The molecule has 1 heterocycles. The Morgan fingerprint density at radius 3 is 2.46 bits per heavy atom. The number of methoxy groups -OCH3 is 2. The SMILES string of the molecule is COc1ccc(/C=C/c2[nH]nc3ccc(C(=O)O)c(OC)c23)cc1. The number of ether oxygens (including phenoxy) is 2. The number of fused-ring (bicyclic) bond motifs is 1. The highest BCUT2D eigenvalue weighted by Gasteiger charge is 2.17. The van der Waals surface area contributed by atoms with Gasteiger partial charge in [0.25, 0.3) is 0 Å². The van der Waals surface area contributed by atoms with Crippen molar-refractivity contribution in [3.05, 3.63) is 53.2 Å². The van der Waals surface area contributed by atoms with Gasteiger partial charge in [0.15, 0.2) is 0 Å². The minimum Gasteiger partial charge on any atom is -0.497 e. The molecule has 0 spiro atoms. The van der Waals surface area contributed by atoms with Crippen molar-refractivity contribution >= 4 is 29.0 Å². The molecule has 1 aromatic heterocycles. The number of carboxylic acid groups (broad SMARTS) is 1. The van der Waals surface area contributed by atoms with E-state index >= 15 is 0 Å². The molecule has 0 amide bonds. The van der Waals surface area contributed by atoms with Gasteiger partial charge in [-0.05, 0) is 35.9 Å². The van der Waals surface area contributed by atoms with Gasteiger partial charge in [0, 0.05) is 0 Å². The maximum absolute atomic E-state index is 11.4. The molecule has 3 aromatic rings. The van der Waals surface area contributed by atoms with Crippen molar-refractivity contribution in [1.82, 2.24) is 10.2 Å². The molecule has 122 valence electrons. The van der Waals surface area contributed by atoms with Crippen LogP contribution in [-0.2, 0) is 0 Å². The third-order valence-corrected chi connectivity index (χ3v) is 3.69. The molecule has 0 atom stereocenters. The van der Waals surface area contributed by atoms with E-state index in [1.54, 1.807) is 13.2 Å². The first-order valence-corrected chi connectivity index (χ1v) is 7.24. The van der Waals surface area contributed by atoms with Gasteiger partial charge < -0.3 is 14.6 Å². The first kappa shape index (κ1) is 15.6. The number of rotatable bonds is 5. The number of carbonyl (C=O) groups is 1. The van der Waals surface area contributed by atoms with E-state index in [9.17, 15) is 9.90 Å². The Labute approximate surface area is 138 Å². The second-order valence-electron chi connectivity index (χ2n) is 5.09. The Bertz CT molecular complexity index is 911. The number of H-pyrrole nitrogens is 1. The highest BCUT2D eigenvalue weighted by atomic mass is 16.5. The van der Waals surface area contributed by atoms with Crippen LogP contribution in [0.15, 0.2) is 36.4 Å². The number of aromatic carboxylic acids is 1. The first-order valence-electron chi connectivity index (χ1n) is 7.24. The van der Waals surface area contributed by atoms with Crippen molar-refractivity contribution in [3.63, 3.8) is 0 Å². The molecular weight excluding hydrogens is 308 g/mol. The number of hydrogen-bond donors (Lipinski definition) is 2. The molecule has 0 radical (unpaired) electrons. The fraction of sp³-hybridized carbons (Fsp3) is 0.111. The van der Waals surface area contributed by atoms with Crippen LogP contribution in [0.3, 0.4) is 0 Å². The lowest BCUT2D eigenvalue weighted by atomic mass is 10.1. The molecule has 6 nitrogen and oxygen atoms in total. The summed E-state index contributed by atoms with van der Waals surface area (Å²) in [5, 5.41) is 17.1. The van der Waals surface area contributed by atoms with Crippen LogP contribution in [0.1, 0.15) is 21.6 Å². The molecule has 0 aliphatic heterocycles. The largest absolute Gasteiger partial charge is 0.497 e. The minimum absolute atomic E-state index is 0.102. The average Bonchev–Trinajstić information content (AvgIpc) is 3.02. The molecule has 0 aliphatic carbocycles. The van der Waals surface area contributed by atoms with Gasteiger partial charge in [-0.25, -0.2) is 4.79 Å². The number of nitrogens with one attached hydrogen (secondary N) is 1. The summed E-state index contributed by atoms with van der Waals surface area (Å²) in [5.74, 6) is 0.0371. The Hall–Kier alpha value is -3.28. The summed E-state index contributed by atoms with van der Waals surface area (Å²) in [7, 11) is 3.07. The number of nitrogens with zero attached hydrogens (tertiary/aromatic N) is 1. The normalized spacial score (nSPS) is 11.1. The van der Waals surface area contributed by atoms with E-state index in [-0.39, 0.29) is 5.56 Å². The van der Waals surface area contributed by atoms with Crippen molar-refractivity contribution in [2.24, 2.45) is 0 Å². The van der Waals surface area contributed by atoms with E-state index in [2.05, 4.69) is 10.2 Å². The van der Waals surface area contributed by atoms with E-state index in [1.165, 1.54) is 13.2 Å². The van der Waals surface area contributed by atoms with E-state index in [1.807, 2.05) is 36.4 Å². The second kappa shape index (κ2) is 6.45. The van der Waals surface area contributed by atoms with Crippen LogP contribution >= 0.6 is 0 Å². The van der Waals surface area contributed by atoms with Crippen molar-refractivity contribution in [3.8, 4) is 11.5 Å². The second-order valence-corrected chi connectivity index (χ2v) is 5.09. The first-order chi connectivity index (χ1) is 11.6. The highest BCUT2D eigenvalue weighted by molar-refractivity contribution is 6.02. The van der Waals surface area contributed by atoms with Gasteiger partial charge in [0.1, 0.15) is 17.1 Å². The molecule has 0 saturated carbocycles. The molecule has 6 heteroatoms. The molecule has 0 fully saturated rings. The van der Waals surface area contributed by atoms with Crippen molar-refractivity contribution in [2.45, 2.75) is 0 Å². The fourth-order valence-corrected chi connectivity index (χ4v) is 2.50. The summed E-state index contributed by atoms with van der Waals surface area (Å²) >= 11 is 0. The Kier molecular flexibility index (Phi) is 4.20. The predicted octanol–water partition coefficient (Wildman–Crippen LogP) is 3.45. The average molecular weight is 324 g/mol. The standard InChI is InChI=1S/C18H16N2O4/c1-23-12-6-3-11(4-7-12)5-9-14-16-15(20-19-14)10-8-13(18(21)22)17(16)24-2/h3-10H,1-2H3,(H,19,20)(H,21,22)/b9-5+. The smallest absolute Gasteiger partial charge is 0.339 e. The van der Waals surface area contributed by atoms with Crippen LogP contribution in [0.4, 0.5) is 0 Å². The van der Waals surface area contributed by atoms with Gasteiger partial charge in [-0.3, -0.25) is 5.10 Å². The topological polar surface area (TPSA) is 84.4 Å². The Morgan fingerprint density at radius 2 is 1.83 bits per heavy atom. The monoisotopic (exact) mass is 324 g/mol. The van der Waals surface area contributed by atoms with E-state index in [0.29, 0.717) is 22.3 Å². The number of hydrogen-bond acceptors (Lipinski definition) is 4. The van der Waals surface area contributed by atoms with E-state index in [4.69, 9.17) is 9.47 Å². The van der Waals surface area contributed by atoms with E-state index in [0.717, 1.165) is 11.3 Å². The van der Waals surface area contributed by atoms with Gasteiger partial charge >= 0.3 is 5.97 Å². The molecular formula is C18H16N2O4. The summed E-state index contributed by atoms with van der Waals surface area (Å²) in [4.78, 5) is 11.4. The molecule has 24 heavy (non-hydrogen) atoms. The predicted molar refractivity (Wildman–Crippen MR) is 91.5 cm³/mol. The minimum atomic E-state index is -1.04. The highest BCUT2D eigenvalue weighted by Crippen LogP contribution is 2.32. The van der Waals surface area contributed by atoms with Crippen molar-refractivity contribution in [2.75, 3.05) is 14.2 Å². The van der Waals surface area contributed by atoms with Crippen LogP contribution in [0, 0.1) is 0 Å². The fourth-order valence-electron chi connectivity index (χ4n) is 2.50. The molecule has 0 unspecified atom stereocenters. The van der Waals surface area contributed by atoms with Crippen molar-refractivity contribution < 1.29 is 19.4 Å². The van der Waals surface area contributed by atoms with Gasteiger partial charge in [0.2, 0.25) is 0 Å². The van der Waals surface area contributed by atoms with Crippen molar-refractivity contribution in [1.29, 1.82) is 0 Å². The third-order valence-electron chi connectivity index (χ3n) is 3.69. The maximum atomic E-state index is 11.4. The van der Waals surface area contributed by atoms with Gasteiger partial charge in [0.05, 0.1) is 30.8 Å². The summed E-state index contributed by atoms with van der Waals surface area (Å²) in [6, 6.07) is 10.7. The molecule has 0 saturated heterocycles. The third kappa shape index (κ3) is 2.81. The van der Waals surface area contributed by atoms with Crippen LogP contribution in [0.25, 0.3) is 23.1 Å². The lowest BCUT2D eigenvalue weighted by Gasteiger charge is -2.06. The zero-order valence-electron chi connectivity index (χ0n) is 13.2. The van der Waals surface area contributed by atoms with Crippen LogP contribution in [-0.4, -0.2) is 35.5 Å². The van der Waals surface area contributed by atoms with Crippen LogP contribution in [0.2, 0.25) is 0 Å². The van der Waals surface area contributed by atoms with E-state index < -0.39 is 5.97 Å². The molecule has 0 aliphatic rings. The summed E-state index contributed by atoms with van der Waals surface area (Å²) in [6.07, 6.45) is 3.74. The Morgan fingerprint density at radius 1 is 1.08 bits per heavy atom. The molecule has 3 rings (SSSR count). The lowest BCUT2D eigenvalue weighted by molar-refractivity contribution is 0.0693. The lowest BCUT2D eigenvalue weighted by Crippen LogP contribution is -2.00. The molecule has 2 aromatic carbocycles. The van der Waals surface area contributed by atoms with Gasteiger partial charge in [-0.1, -0.05) is 18.2 Å². The zero-order chi connectivity index (χ0) is 17.1. The van der Waals surface area contributed by atoms with Gasteiger partial charge in [-0.2, -0.15) is 5.10 Å². The maximum Gasteiger partial charge on any atom is 0.339 e. The number of aromatic amines is 1. The number of benzene rings is 2. The Balaban J connectivity index is 2.04. The number of aromatic nitrogens is 2. The van der Waals surface area contributed by atoms with Gasteiger partial charge in [-0.15, -0.1) is 0 Å². The molecule has 2 N–H and O–H groups in total. The number of carboxylic acids is 1.